The highest BCUT2D eigenvalue weighted by Crippen LogP contribution is 2.39. The Morgan fingerprint density at radius 2 is 0.875 bits per heavy atom. The van der Waals surface area contributed by atoms with E-state index < -0.39 is 0 Å². The number of rotatable bonds is 6. The topological polar surface area (TPSA) is 42.2 Å². The van der Waals surface area contributed by atoms with Gasteiger partial charge in [0.05, 0.1) is 11.2 Å². The lowest BCUT2D eigenvalue weighted by Crippen LogP contribution is -2.14. The van der Waals surface area contributed by atoms with Crippen molar-refractivity contribution in [2.45, 2.75) is 0 Å². The highest BCUT2D eigenvalue weighted by atomic mass is 16.3. The summed E-state index contributed by atoms with van der Waals surface area (Å²) in [6.07, 6.45) is 0. The van der Waals surface area contributed by atoms with Crippen molar-refractivity contribution in [3.05, 3.63) is 176 Å². The van der Waals surface area contributed by atoms with Crippen molar-refractivity contribution in [1.82, 2.24) is 9.97 Å². The van der Waals surface area contributed by atoms with Crippen LogP contribution in [0.5, 0.6) is 0 Å². The van der Waals surface area contributed by atoms with Crippen molar-refractivity contribution < 1.29 is 4.42 Å². The third-order valence-corrected chi connectivity index (χ3v) is 8.91. The SMILES string of the molecule is c1ccc(-c2ccc(N(c3ccc(-c4ccccc4)cc3)c3nc(-c4ccc5c(c4)oc4ccccc45)c4ccccc4n3)cc2)cc1. The molecule has 48 heavy (non-hydrogen) atoms. The number of hydrogen-bond donors (Lipinski definition) is 0. The summed E-state index contributed by atoms with van der Waals surface area (Å²) in [6.45, 7) is 0. The first kappa shape index (κ1) is 27.8. The van der Waals surface area contributed by atoms with Gasteiger partial charge < -0.3 is 4.42 Å². The Kier molecular flexibility index (Phi) is 6.76. The van der Waals surface area contributed by atoms with Crippen LogP contribution in [0.2, 0.25) is 0 Å². The van der Waals surface area contributed by atoms with Crippen LogP contribution in [0.15, 0.2) is 180 Å². The van der Waals surface area contributed by atoms with Crippen LogP contribution >= 0.6 is 0 Å². The lowest BCUT2D eigenvalue weighted by atomic mass is 10.0. The third-order valence-electron chi connectivity index (χ3n) is 8.91. The summed E-state index contributed by atoms with van der Waals surface area (Å²) in [7, 11) is 0. The normalized spacial score (nSPS) is 11.3. The number of hydrogen-bond acceptors (Lipinski definition) is 4. The van der Waals surface area contributed by atoms with E-state index in [4.69, 9.17) is 14.4 Å². The fourth-order valence-corrected chi connectivity index (χ4v) is 6.50. The molecule has 2 aromatic heterocycles. The van der Waals surface area contributed by atoms with Gasteiger partial charge in [0.15, 0.2) is 0 Å². The molecule has 0 atom stereocenters. The van der Waals surface area contributed by atoms with E-state index >= 15 is 0 Å². The van der Waals surface area contributed by atoms with Gasteiger partial charge in [0.2, 0.25) is 5.95 Å². The molecule has 2 heterocycles. The molecule has 4 heteroatoms. The quantitative estimate of drug-likeness (QED) is 0.187. The molecule has 9 aromatic rings. The minimum Gasteiger partial charge on any atom is -0.456 e. The molecule has 0 saturated heterocycles. The first-order valence-electron chi connectivity index (χ1n) is 16.1. The number of anilines is 3. The maximum atomic E-state index is 6.28. The smallest absolute Gasteiger partial charge is 0.235 e. The zero-order chi connectivity index (χ0) is 31.9. The number of nitrogens with zero attached hydrogens (tertiary/aromatic N) is 3. The summed E-state index contributed by atoms with van der Waals surface area (Å²) in [6, 6.07) is 60.8. The molecular weight excluding hydrogens is 587 g/mol. The number of benzene rings is 7. The molecule has 0 unspecified atom stereocenters. The first-order valence-corrected chi connectivity index (χ1v) is 16.1. The molecule has 0 fully saturated rings. The van der Waals surface area contributed by atoms with Gasteiger partial charge in [-0.3, -0.25) is 4.90 Å². The van der Waals surface area contributed by atoms with Crippen LogP contribution in [0.4, 0.5) is 17.3 Å². The highest BCUT2D eigenvalue weighted by molar-refractivity contribution is 6.06. The summed E-state index contributed by atoms with van der Waals surface area (Å²) in [5, 5.41) is 3.18. The van der Waals surface area contributed by atoms with Crippen molar-refractivity contribution in [1.29, 1.82) is 0 Å². The van der Waals surface area contributed by atoms with Gasteiger partial charge in [0, 0.05) is 33.1 Å². The van der Waals surface area contributed by atoms with Crippen LogP contribution in [0, 0.1) is 0 Å². The molecule has 9 rings (SSSR count). The number of furan rings is 1. The van der Waals surface area contributed by atoms with Crippen molar-refractivity contribution in [3.8, 4) is 33.5 Å². The predicted octanol–water partition coefficient (Wildman–Crippen LogP) is 12.0. The van der Waals surface area contributed by atoms with E-state index in [-0.39, 0.29) is 0 Å². The van der Waals surface area contributed by atoms with Crippen LogP contribution in [-0.4, -0.2) is 9.97 Å². The van der Waals surface area contributed by atoms with E-state index in [1.165, 1.54) is 11.1 Å². The Balaban J connectivity index is 1.21. The van der Waals surface area contributed by atoms with Crippen molar-refractivity contribution in [3.63, 3.8) is 0 Å². The maximum Gasteiger partial charge on any atom is 0.235 e. The minimum absolute atomic E-state index is 0.591. The molecule has 4 nitrogen and oxygen atoms in total. The Labute approximate surface area is 278 Å². The fraction of sp³-hybridized carbons (Fsp3) is 0. The zero-order valence-corrected chi connectivity index (χ0v) is 26.0. The summed E-state index contributed by atoms with van der Waals surface area (Å²) in [5.41, 5.74) is 11.0. The number of para-hydroxylation sites is 2. The van der Waals surface area contributed by atoms with Crippen LogP contribution in [0.25, 0.3) is 66.4 Å². The van der Waals surface area contributed by atoms with Gasteiger partial charge in [0.25, 0.3) is 0 Å². The standard InChI is InChI=1S/C44H29N3O/c1-3-11-30(12-4-1)32-19-24-35(25-20-32)47(36-26-21-33(22-27-36)31-13-5-2-6-14-31)44-45-40-17-9-7-16-39(40)43(46-44)34-23-28-38-37-15-8-10-18-41(37)48-42(38)29-34/h1-29H. The zero-order valence-electron chi connectivity index (χ0n) is 26.0. The lowest BCUT2D eigenvalue weighted by Gasteiger charge is -2.25. The molecule has 0 bridgehead atoms. The van der Waals surface area contributed by atoms with Gasteiger partial charge >= 0.3 is 0 Å². The molecule has 226 valence electrons. The van der Waals surface area contributed by atoms with Gasteiger partial charge in [0.1, 0.15) is 11.2 Å². The molecule has 0 radical (unpaired) electrons. The highest BCUT2D eigenvalue weighted by Gasteiger charge is 2.20. The first-order chi connectivity index (χ1) is 23.8. The van der Waals surface area contributed by atoms with Crippen molar-refractivity contribution in [2.75, 3.05) is 4.90 Å². The molecular formula is C44H29N3O. The predicted molar refractivity (Wildman–Crippen MR) is 198 cm³/mol. The van der Waals surface area contributed by atoms with E-state index in [1.54, 1.807) is 0 Å². The van der Waals surface area contributed by atoms with E-state index in [9.17, 15) is 0 Å². The second-order valence-corrected chi connectivity index (χ2v) is 11.9. The molecule has 0 aliphatic carbocycles. The van der Waals surface area contributed by atoms with Gasteiger partial charge in [-0.15, -0.1) is 0 Å². The molecule has 0 amide bonds. The summed E-state index contributed by atoms with van der Waals surface area (Å²) < 4.78 is 6.28. The second kappa shape index (κ2) is 11.7. The average Bonchev–Trinajstić information content (AvgIpc) is 3.54. The summed E-state index contributed by atoms with van der Waals surface area (Å²) >= 11 is 0. The van der Waals surface area contributed by atoms with Crippen LogP contribution in [0.1, 0.15) is 0 Å². The van der Waals surface area contributed by atoms with Gasteiger partial charge in [-0.1, -0.05) is 127 Å². The van der Waals surface area contributed by atoms with Crippen molar-refractivity contribution >= 4 is 50.2 Å². The van der Waals surface area contributed by atoms with Gasteiger partial charge in [-0.05, 0) is 70.8 Å². The van der Waals surface area contributed by atoms with E-state index in [1.807, 2.05) is 42.5 Å². The molecule has 0 saturated carbocycles. The summed E-state index contributed by atoms with van der Waals surface area (Å²) in [4.78, 5) is 12.6. The van der Waals surface area contributed by atoms with Crippen LogP contribution in [0.3, 0.4) is 0 Å². The molecule has 0 aliphatic rings. The van der Waals surface area contributed by atoms with Gasteiger partial charge in [-0.25, -0.2) is 9.97 Å². The average molecular weight is 616 g/mol. The summed E-state index contributed by atoms with van der Waals surface area (Å²) in [5.74, 6) is 0.591. The minimum atomic E-state index is 0.591. The molecule has 0 N–H and O–H groups in total. The monoisotopic (exact) mass is 615 g/mol. The van der Waals surface area contributed by atoms with E-state index in [0.717, 1.165) is 66.6 Å². The Bertz CT molecular complexity index is 2460. The molecule has 7 aromatic carbocycles. The number of aromatic nitrogens is 2. The Hall–Kier alpha value is -6.52. The van der Waals surface area contributed by atoms with Gasteiger partial charge in [-0.2, -0.15) is 0 Å². The lowest BCUT2D eigenvalue weighted by molar-refractivity contribution is 0.669. The molecule has 0 aliphatic heterocycles. The number of fused-ring (bicyclic) bond motifs is 4. The van der Waals surface area contributed by atoms with Crippen LogP contribution < -0.4 is 4.90 Å². The Morgan fingerprint density at radius 3 is 1.52 bits per heavy atom. The van der Waals surface area contributed by atoms with E-state index in [2.05, 4.69) is 138 Å². The third kappa shape index (κ3) is 4.97. The Morgan fingerprint density at radius 1 is 0.375 bits per heavy atom. The fourth-order valence-electron chi connectivity index (χ4n) is 6.50. The van der Waals surface area contributed by atoms with Crippen LogP contribution in [-0.2, 0) is 0 Å². The van der Waals surface area contributed by atoms with E-state index in [0.29, 0.717) is 5.95 Å². The second-order valence-electron chi connectivity index (χ2n) is 11.9. The maximum absolute atomic E-state index is 6.28. The van der Waals surface area contributed by atoms with Crippen molar-refractivity contribution in [2.24, 2.45) is 0 Å². The largest absolute Gasteiger partial charge is 0.456 e. The molecule has 0 spiro atoms.